The molecule has 74 valence electrons. The molecule has 1 aromatic carbocycles. The van der Waals surface area contributed by atoms with Gasteiger partial charge in [0.15, 0.2) is 5.78 Å². The summed E-state index contributed by atoms with van der Waals surface area (Å²) in [6.45, 7) is 0. The SMILES string of the molecule is NC1(C(=O)Cc2cccc(F)c2)CC1. The number of halogens is 1. The molecule has 2 N–H and O–H groups in total. The van der Waals surface area contributed by atoms with Crippen molar-refractivity contribution in [1.82, 2.24) is 0 Å². The lowest BCUT2D eigenvalue weighted by Crippen LogP contribution is -2.34. The van der Waals surface area contributed by atoms with Gasteiger partial charge >= 0.3 is 0 Å². The number of ketones is 1. The minimum absolute atomic E-state index is 0.0168. The van der Waals surface area contributed by atoms with Crippen LogP contribution in [0, 0.1) is 5.82 Å². The summed E-state index contributed by atoms with van der Waals surface area (Å²) in [5, 5.41) is 0. The molecule has 0 radical (unpaired) electrons. The van der Waals surface area contributed by atoms with Crippen molar-refractivity contribution in [2.24, 2.45) is 5.73 Å². The van der Waals surface area contributed by atoms with Crippen LogP contribution in [0.4, 0.5) is 4.39 Å². The van der Waals surface area contributed by atoms with Crippen LogP contribution in [0.1, 0.15) is 18.4 Å². The first-order valence-corrected chi connectivity index (χ1v) is 4.67. The van der Waals surface area contributed by atoms with Crippen molar-refractivity contribution < 1.29 is 9.18 Å². The largest absolute Gasteiger partial charge is 0.319 e. The van der Waals surface area contributed by atoms with Crippen LogP contribution in [-0.4, -0.2) is 11.3 Å². The fourth-order valence-electron chi connectivity index (χ4n) is 1.42. The van der Waals surface area contributed by atoms with Crippen molar-refractivity contribution in [3.05, 3.63) is 35.6 Å². The Morgan fingerprint density at radius 2 is 2.21 bits per heavy atom. The molecule has 1 aromatic rings. The second-order valence-corrected chi connectivity index (χ2v) is 3.89. The third-order valence-electron chi connectivity index (χ3n) is 2.60. The summed E-state index contributed by atoms with van der Waals surface area (Å²) >= 11 is 0. The van der Waals surface area contributed by atoms with Gasteiger partial charge in [0, 0.05) is 6.42 Å². The van der Waals surface area contributed by atoms with Crippen molar-refractivity contribution in [3.8, 4) is 0 Å². The predicted molar refractivity (Wildman–Crippen MR) is 51.3 cm³/mol. The Hall–Kier alpha value is -1.22. The third-order valence-corrected chi connectivity index (χ3v) is 2.60. The normalized spacial score (nSPS) is 17.9. The summed E-state index contributed by atoms with van der Waals surface area (Å²) in [5.41, 5.74) is 5.83. The molecule has 0 spiro atoms. The number of carbonyl (C=O) groups excluding carboxylic acids is 1. The van der Waals surface area contributed by atoms with Gasteiger partial charge in [-0.15, -0.1) is 0 Å². The maximum absolute atomic E-state index is 12.8. The first kappa shape index (κ1) is 9.34. The zero-order chi connectivity index (χ0) is 10.2. The highest BCUT2D eigenvalue weighted by Crippen LogP contribution is 2.34. The van der Waals surface area contributed by atoms with E-state index in [-0.39, 0.29) is 18.0 Å². The maximum atomic E-state index is 12.8. The highest BCUT2D eigenvalue weighted by Gasteiger charge is 2.44. The van der Waals surface area contributed by atoms with Crippen LogP contribution in [0.2, 0.25) is 0 Å². The van der Waals surface area contributed by atoms with Gasteiger partial charge in [-0.05, 0) is 30.5 Å². The van der Waals surface area contributed by atoms with Gasteiger partial charge in [-0.3, -0.25) is 4.79 Å². The lowest BCUT2D eigenvalue weighted by atomic mass is 10.0. The summed E-state index contributed by atoms with van der Waals surface area (Å²) in [6, 6.07) is 6.09. The summed E-state index contributed by atoms with van der Waals surface area (Å²) < 4.78 is 12.8. The number of nitrogens with two attached hydrogens (primary N) is 1. The molecular weight excluding hydrogens is 181 g/mol. The number of rotatable bonds is 3. The molecule has 1 fully saturated rings. The standard InChI is InChI=1S/C11H12FNO/c12-9-3-1-2-8(6-9)7-10(14)11(13)4-5-11/h1-3,6H,4-5,7,13H2. The molecular formula is C11H12FNO. The summed E-state index contributed by atoms with van der Waals surface area (Å²) in [5.74, 6) is -0.291. The third kappa shape index (κ3) is 1.82. The molecule has 14 heavy (non-hydrogen) atoms. The van der Waals surface area contributed by atoms with E-state index in [9.17, 15) is 9.18 Å². The molecule has 3 heteroatoms. The highest BCUT2D eigenvalue weighted by atomic mass is 19.1. The molecule has 2 rings (SSSR count). The van der Waals surface area contributed by atoms with Crippen molar-refractivity contribution in [2.45, 2.75) is 24.8 Å². The Labute approximate surface area is 81.9 Å². The molecule has 0 amide bonds. The van der Waals surface area contributed by atoms with E-state index in [2.05, 4.69) is 0 Å². The molecule has 0 unspecified atom stereocenters. The van der Waals surface area contributed by atoms with Crippen LogP contribution in [-0.2, 0) is 11.2 Å². The Morgan fingerprint density at radius 3 is 2.79 bits per heavy atom. The van der Waals surface area contributed by atoms with Crippen molar-refractivity contribution in [3.63, 3.8) is 0 Å². The van der Waals surface area contributed by atoms with Gasteiger partial charge in [-0.2, -0.15) is 0 Å². The van der Waals surface area contributed by atoms with Crippen LogP contribution >= 0.6 is 0 Å². The average molecular weight is 193 g/mol. The van der Waals surface area contributed by atoms with E-state index >= 15 is 0 Å². The Bertz CT molecular complexity index is 371. The van der Waals surface area contributed by atoms with E-state index in [4.69, 9.17) is 5.73 Å². The molecule has 0 bridgehead atoms. The number of hydrogen-bond donors (Lipinski definition) is 1. The monoisotopic (exact) mass is 193 g/mol. The first-order chi connectivity index (χ1) is 6.60. The van der Waals surface area contributed by atoms with Gasteiger partial charge in [0.2, 0.25) is 0 Å². The summed E-state index contributed by atoms with van der Waals surface area (Å²) in [6.07, 6.45) is 1.77. The number of benzene rings is 1. The zero-order valence-electron chi connectivity index (χ0n) is 7.79. The van der Waals surface area contributed by atoms with E-state index in [1.54, 1.807) is 12.1 Å². The van der Waals surface area contributed by atoms with Gasteiger partial charge in [0.25, 0.3) is 0 Å². The van der Waals surface area contributed by atoms with Gasteiger partial charge in [-0.1, -0.05) is 12.1 Å². The highest BCUT2D eigenvalue weighted by molar-refractivity contribution is 5.92. The Balaban J connectivity index is 2.07. The Morgan fingerprint density at radius 1 is 1.50 bits per heavy atom. The van der Waals surface area contributed by atoms with Crippen LogP contribution < -0.4 is 5.73 Å². The van der Waals surface area contributed by atoms with Gasteiger partial charge in [0.1, 0.15) is 5.82 Å². The quantitative estimate of drug-likeness (QED) is 0.789. The summed E-state index contributed by atoms with van der Waals surface area (Å²) in [7, 11) is 0. The van der Waals surface area contributed by atoms with Crippen molar-refractivity contribution in [2.75, 3.05) is 0 Å². The van der Waals surface area contributed by atoms with Crippen molar-refractivity contribution in [1.29, 1.82) is 0 Å². The van der Waals surface area contributed by atoms with Crippen LogP contribution in [0.3, 0.4) is 0 Å². The minimum Gasteiger partial charge on any atom is -0.319 e. The molecule has 1 saturated carbocycles. The predicted octanol–water partition coefficient (Wildman–Crippen LogP) is 1.43. The van der Waals surface area contributed by atoms with E-state index in [0.717, 1.165) is 12.8 Å². The molecule has 0 heterocycles. The van der Waals surface area contributed by atoms with Crippen LogP contribution in [0.5, 0.6) is 0 Å². The lowest BCUT2D eigenvalue weighted by molar-refractivity contribution is -0.120. The minimum atomic E-state index is -0.605. The van der Waals surface area contributed by atoms with Gasteiger partial charge in [0.05, 0.1) is 5.54 Å². The van der Waals surface area contributed by atoms with Crippen LogP contribution in [0.15, 0.2) is 24.3 Å². The molecule has 1 aliphatic carbocycles. The van der Waals surface area contributed by atoms with Crippen LogP contribution in [0.25, 0.3) is 0 Å². The number of hydrogen-bond acceptors (Lipinski definition) is 2. The first-order valence-electron chi connectivity index (χ1n) is 4.67. The fourth-order valence-corrected chi connectivity index (χ4v) is 1.42. The summed E-state index contributed by atoms with van der Waals surface area (Å²) in [4.78, 5) is 11.6. The Kier molecular flexibility index (Phi) is 2.11. The molecule has 2 nitrogen and oxygen atoms in total. The fraction of sp³-hybridized carbons (Fsp3) is 0.364. The number of carbonyl (C=O) groups is 1. The molecule has 0 aliphatic heterocycles. The second-order valence-electron chi connectivity index (χ2n) is 3.89. The smallest absolute Gasteiger partial charge is 0.156 e. The van der Waals surface area contributed by atoms with Gasteiger partial charge in [-0.25, -0.2) is 4.39 Å². The number of Topliss-reactive ketones (excluding diaryl/α,β-unsaturated/α-hetero) is 1. The van der Waals surface area contributed by atoms with Gasteiger partial charge < -0.3 is 5.73 Å². The topological polar surface area (TPSA) is 43.1 Å². The second kappa shape index (κ2) is 3.17. The van der Waals surface area contributed by atoms with E-state index in [0.29, 0.717) is 5.56 Å². The molecule has 1 aliphatic rings. The maximum Gasteiger partial charge on any atom is 0.156 e. The van der Waals surface area contributed by atoms with Crippen molar-refractivity contribution >= 4 is 5.78 Å². The lowest BCUT2D eigenvalue weighted by Gasteiger charge is -2.06. The van der Waals surface area contributed by atoms with E-state index < -0.39 is 5.54 Å². The average Bonchev–Trinajstić information content (AvgIpc) is 2.85. The molecule has 0 aromatic heterocycles. The van der Waals surface area contributed by atoms with E-state index in [1.807, 2.05) is 0 Å². The molecule has 0 atom stereocenters. The van der Waals surface area contributed by atoms with E-state index in [1.165, 1.54) is 12.1 Å². The zero-order valence-corrected chi connectivity index (χ0v) is 7.79. The molecule has 0 saturated heterocycles.